The SMILES string of the molecule is C#CCSCCOc1cccc2cccnc12. The highest BCUT2D eigenvalue weighted by atomic mass is 32.2. The third kappa shape index (κ3) is 3.15. The molecule has 2 rings (SSSR count). The third-order valence-corrected chi connectivity index (χ3v) is 3.09. The van der Waals surface area contributed by atoms with E-state index in [1.165, 1.54) is 0 Å². The summed E-state index contributed by atoms with van der Waals surface area (Å²) in [5, 5.41) is 1.10. The van der Waals surface area contributed by atoms with Gasteiger partial charge in [-0.1, -0.05) is 24.1 Å². The Labute approximate surface area is 105 Å². The Morgan fingerprint density at radius 3 is 3.06 bits per heavy atom. The number of thioether (sulfide) groups is 1. The first-order valence-corrected chi connectivity index (χ1v) is 6.55. The number of fused-ring (bicyclic) bond motifs is 1. The first-order chi connectivity index (χ1) is 8.42. The molecule has 0 radical (unpaired) electrons. The number of benzene rings is 1. The van der Waals surface area contributed by atoms with Crippen LogP contribution in [0.3, 0.4) is 0 Å². The Morgan fingerprint density at radius 2 is 2.18 bits per heavy atom. The van der Waals surface area contributed by atoms with Gasteiger partial charge in [-0.05, 0) is 12.1 Å². The van der Waals surface area contributed by atoms with Crippen LogP contribution in [-0.4, -0.2) is 23.1 Å². The molecule has 0 saturated carbocycles. The normalized spacial score (nSPS) is 10.1. The minimum atomic E-state index is 0.655. The molecule has 0 N–H and O–H groups in total. The summed E-state index contributed by atoms with van der Waals surface area (Å²) >= 11 is 1.70. The van der Waals surface area contributed by atoms with Crippen molar-refractivity contribution >= 4 is 22.7 Å². The lowest BCUT2D eigenvalue weighted by atomic mass is 10.2. The first kappa shape index (κ1) is 11.8. The van der Waals surface area contributed by atoms with Crippen molar-refractivity contribution < 1.29 is 4.74 Å². The van der Waals surface area contributed by atoms with Gasteiger partial charge in [0.25, 0.3) is 0 Å². The largest absolute Gasteiger partial charge is 0.490 e. The van der Waals surface area contributed by atoms with E-state index in [4.69, 9.17) is 11.2 Å². The molecule has 0 aliphatic heterocycles. The zero-order valence-electron chi connectivity index (χ0n) is 9.43. The van der Waals surface area contributed by atoms with Gasteiger partial charge >= 0.3 is 0 Å². The monoisotopic (exact) mass is 243 g/mol. The van der Waals surface area contributed by atoms with Crippen LogP contribution in [0.4, 0.5) is 0 Å². The van der Waals surface area contributed by atoms with Crippen molar-refractivity contribution in [2.45, 2.75) is 0 Å². The van der Waals surface area contributed by atoms with Crippen LogP contribution < -0.4 is 4.74 Å². The maximum absolute atomic E-state index is 5.71. The van der Waals surface area contributed by atoms with Crippen LogP contribution in [0, 0.1) is 12.3 Å². The number of nitrogens with zero attached hydrogens (tertiary/aromatic N) is 1. The lowest BCUT2D eigenvalue weighted by Crippen LogP contribution is -2.01. The molecule has 0 unspecified atom stereocenters. The van der Waals surface area contributed by atoms with Crippen molar-refractivity contribution in [3.8, 4) is 18.1 Å². The standard InChI is InChI=1S/C14H13NOS/c1-2-10-17-11-9-16-13-7-3-5-12-6-4-8-15-14(12)13/h1,3-8H,9-11H2. The summed E-state index contributed by atoms with van der Waals surface area (Å²) in [4.78, 5) is 4.33. The van der Waals surface area contributed by atoms with Crippen molar-refractivity contribution in [1.29, 1.82) is 0 Å². The Kier molecular flexibility index (Phi) is 4.29. The molecule has 1 aromatic heterocycles. The zero-order valence-corrected chi connectivity index (χ0v) is 10.2. The minimum absolute atomic E-state index is 0.655. The average Bonchev–Trinajstić information content (AvgIpc) is 2.39. The van der Waals surface area contributed by atoms with Crippen molar-refractivity contribution in [3.63, 3.8) is 0 Å². The van der Waals surface area contributed by atoms with Crippen LogP contribution in [0.15, 0.2) is 36.5 Å². The number of rotatable bonds is 5. The summed E-state index contributed by atoms with van der Waals surface area (Å²) in [5.41, 5.74) is 0.914. The molecule has 0 fully saturated rings. The number of terminal acetylenes is 1. The molecule has 2 nitrogen and oxygen atoms in total. The second-order valence-electron chi connectivity index (χ2n) is 3.44. The maximum Gasteiger partial charge on any atom is 0.145 e. The maximum atomic E-state index is 5.71. The Hall–Kier alpha value is -1.66. The highest BCUT2D eigenvalue weighted by Gasteiger charge is 2.01. The van der Waals surface area contributed by atoms with Crippen LogP contribution in [-0.2, 0) is 0 Å². The van der Waals surface area contributed by atoms with Gasteiger partial charge in [-0.3, -0.25) is 4.98 Å². The van der Waals surface area contributed by atoms with Gasteiger partial charge in [0, 0.05) is 17.3 Å². The van der Waals surface area contributed by atoms with Crippen LogP contribution >= 0.6 is 11.8 Å². The van der Waals surface area contributed by atoms with Crippen molar-refractivity contribution in [3.05, 3.63) is 36.5 Å². The molecule has 0 bridgehead atoms. The molecule has 2 aromatic rings. The van der Waals surface area contributed by atoms with E-state index in [2.05, 4.69) is 10.9 Å². The minimum Gasteiger partial charge on any atom is -0.490 e. The number of aromatic nitrogens is 1. The van der Waals surface area contributed by atoms with Gasteiger partial charge in [-0.2, -0.15) is 0 Å². The number of hydrogen-bond acceptors (Lipinski definition) is 3. The molecule has 0 aliphatic rings. The average molecular weight is 243 g/mol. The van der Waals surface area contributed by atoms with E-state index in [1.807, 2.05) is 30.3 Å². The summed E-state index contributed by atoms with van der Waals surface area (Å²) in [6, 6.07) is 9.91. The molecule has 1 aromatic carbocycles. The Balaban J connectivity index is 2.01. The van der Waals surface area contributed by atoms with Gasteiger partial charge in [0.1, 0.15) is 11.3 Å². The van der Waals surface area contributed by atoms with Gasteiger partial charge in [0.2, 0.25) is 0 Å². The van der Waals surface area contributed by atoms with Crippen LogP contribution in [0.25, 0.3) is 10.9 Å². The predicted octanol–water partition coefficient (Wildman–Crippen LogP) is 2.98. The lowest BCUT2D eigenvalue weighted by Gasteiger charge is -2.07. The van der Waals surface area contributed by atoms with E-state index in [9.17, 15) is 0 Å². The second-order valence-corrected chi connectivity index (χ2v) is 4.54. The molecule has 17 heavy (non-hydrogen) atoms. The third-order valence-electron chi connectivity index (χ3n) is 2.27. The van der Waals surface area contributed by atoms with E-state index in [1.54, 1.807) is 18.0 Å². The molecule has 0 atom stereocenters. The van der Waals surface area contributed by atoms with Gasteiger partial charge in [0.05, 0.1) is 12.4 Å². The second kappa shape index (κ2) is 6.17. The number of para-hydroxylation sites is 1. The molecular weight excluding hydrogens is 230 g/mol. The quantitative estimate of drug-likeness (QED) is 0.595. The molecular formula is C14H13NOS. The number of ether oxygens (including phenoxy) is 1. The summed E-state index contributed by atoms with van der Waals surface area (Å²) in [7, 11) is 0. The molecule has 0 saturated heterocycles. The summed E-state index contributed by atoms with van der Waals surface area (Å²) in [6.07, 6.45) is 6.95. The molecule has 86 valence electrons. The summed E-state index contributed by atoms with van der Waals surface area (Å²) in [5.74, 6) is 5.06. The van der Waals surface area contributed by atoms with E-state index in [-0.39, 0.29) is 0 Å². The fourth-order valence-electron chi connectivity index (χ4n) is 1.53. The smallest absolute Gasteiger partial charge is 0.145 e. The fourth-order valence-corrected chi connectivity index (χ4v) is 2.00. The van der Waals surface area contributed by atoms with Gasteiger partial charge in [-0.25, -0.2) is 0 Å². The van der Waals surface area contributed by atoms with Gasteiger partial charge in [-0.15, -0.1) is 18.2 Å². The van der Waals surface area contributed by atoms with E-state index >= 15 is 0 Å². The van der Waals surface area contributed by atoms with Crippen molar-refractivity contribution in [2.24, 2.45) is 0 Å². The highest BCUT2D eigenvalue weighted by Crippen LogP contribution is 2.22. The fraction of sp³-hybridized carbons (Fsp3) is 0.214. The lowest BCUT2D eigenvalue weighted by molar-refractivity contribution is 0.347. The Morgan fingerprint density at radius 1 is 1.29 bits per heavy atom. The summed E-state index contributed by atoms with van der Waals surface area (Å²) < 4.78 is 5.71. The van der Waals surface area contributed by atoms with E-state index in [0.29, 0.717) is 6.61 Å². The molecule has 0 amide bonds. The van der Waals surface area contributed by atoms with E-state index in [0.717, 1.165) is 28.2 Å². The van der Waals surface area contributed by atoms with Crippen LogP contribution in [0.2, 0.25) is 0 Å². The molecule has 0 spiro atoms. The Bertz CT molecular complexity index is 528. The molecule has 1 heterocycles. The predicted molar refractivity (Wildman–Crippen MR) is 73.4 cm³/mol. The van der Waals surface area contributed by atoms with Gasteiger partial charge in [0.15, 0.2) is 0 Å². The van der Waals surface area contributed by atoms with E-state index < -0.39 is 0 Å². The zero-order chi connectivity index (χ0) is 11.9. The molecule has 3 heteroatoms. The highest BCUT2D eigenvalue weighted by molar-refractivity contribution is 7.99. The van der Waals surface area contributed by atoms with Gasteiger partial charge < -0.3 is 4.74 Å². The summed E-state index contributed by atoms with van der Waals surface area (Å²) in [6.45, 7) is 0.655. The van der Waals surface area contributed by atoms with Crippen molar-refractivity contribution in [2.75, 3.05) is 18.1 Å². The molecule has 0 aliphatic carbocycles. The van der Waals surface area contributed by atoms with Crippen LogP contribution in [0.1, 0.15) is 0 Å². The number of pyridine rings is 1. The number of hydrogen-bond donors (Lipinski definition) is 0. The van der Waals surface area contributed by atoms with Crippen LogP contribution in [0.5, 0.6) is 5.75 Å². The van der Waals surface area contributed by atoms with Crippen molar-refractivity contribution in [1.82, 2.24) is 4.98 Å². The topological polar surface area (TPSA) is 22.1 Å². The first-order valence-electron chi connectivity index (χ1n) is 5.39.